The Morgan fingerprint density at radius 2 is 2.40 bits per heavy atom. The number of nitrogens with one attached hydrogen (secondary N) is 2. The molecule has 2 rings (SSSR count). The molecule has 6 heteroatoms. The van der Waals surface area contributed by atoms with Crippen molar-refractivity contribution in [1.82, 2.24) is 15.3 Å². The predicted octanol–water partition coefficient (Wildman–Crippen LogP) is 1.16. The van der Waals surface area contributed by atoms with E-state index >= 15 is 0 Å². The molecule has 1 aromatic rings. The van der Waals surface area contributed by atoms with Gasteiger partial charge in [-0.3, -0.25) is 9.59 Å². The van der Waals surface area contributed by atoms with Crippen LogP contribution in [0.2, 0.25) is 0 Å². The molecular weight excluding hydrogens is 258 g/mol. The smallest absolute Gasteiger partial charge is 0.263 e. The largest absolute Gasteiger partial charge is 0.378 e. The normalized spacial score (nSPS) is 18.1. The number of carbonyl (C=O) groups is 1. The maximum absolute atomic E-state index is 11.8. The van der Waals surface area contributed by atoms with Gasteiger partial charge >= 0.3 is 0 Å². The van der Waals surface area contributed by atoms with Crippen LogP contribution in [-0.2, 0) is 4.74 Å². The number of amides is 1. The Kier molecular flexibility index (Phi) is 5.29. The second kappa shape index (κ2) is 7.19. The molecule has 1 aromatic heterocycles. The van der Waals surface area contributed by atoms with Crippen molar-refractivity contribution in [3.63, 3.8) is 0 Å². The van der Waals surface area contributed by atoms with E-state index in [2.05, 4.69) is 15.3 Å². The van der Waals surface area contributed by atoms with Crippen LogP contribution in [0.1, 0.15) is 48.3 Å². The van der Waals surface area contributed by atoms with Crippen molar-refractivity contribution in [2.24, 2.45) is 0 Å². The van der Waals surface area contributed by atoms with E-state index < -0.39 is 5.56 Å². The third-order valence-electron chi connectivity index (χ3n) is 3.43. The number of aryl methyl sites for hydroxylation is 1. The molecule has 1 fully saturated rings. The lowest BCUT2D eigenvalue weighted by atomic mass is 10.1. The van der Waals surface area contributed by atoms with Gasteiger partial charge in [-0.1, -0.05) is 0 Å². The number of hydrogen-bond donors (Lipinski definition) is 2. The highest BCUT2D eigenvalue weighted by Gasteiger charge is 2.14. The van der Waals surface area contributed by atoms with Crippen molar-refractivity contribution in [3.05, 3.63) is 27.9 Å². The monoisotopic (exact) mass is 279 g/mol. The number of ether oxygens (including phenoxy) is 1. The Balaban J connectivity index is 1.68. The molecule has 1 amide bonds. The Hall–Kier alpha value is -1.69. The molecule has 1 aliphatic rings. The van der Waals surface area contributed by atoms with Crippen molar-refractivity contribution in [2.75, 3.05) is 13.2 Å². The zero-order valence-corrected chi connectivity index (χ0v) is 11.8. The van der Waals surface area contributed by atoms with E-state index in [0.717, 1.165) is 38.7 Å². The fourth-order valence-electron chi connectivity index (χ4n) is 2.31. The minimum Gasteiger partial charge on any atom is -0.378 e. The molecule has 1 saturated heterocycles. The van der Waals surface area contributed by atoms with Crippen molar-refractivity contribution >= 4 is 5.91 Å². The van der Waals surface area contributed by atoms with Crippen molar-refractivity contribution in [2.45, 2.75) is 45.1 Å². The summed E-state index contributed by atoms with van der Waals surface area (Å²) in [5, 5.41) is 2.74. The Morgan fingerprint density at radius 1 is 1.55 bits per heavy atom. The number of aromatic amines is 1. The molecule has 20 heavy (non-hydrogen) atoms. The Bertz CT molecular complexity index is 507. The summed E-state index contributed by atoms with van der Waals surface area (Å²) in [6, 6.07) is 0. The standard InChI is InChI=1S/C14H21N3O3/c1-10-16-9-12(14(19)17-10)13(18)15-7-3-2-5-11-6-4-8-20-11/h9,11H,2-8H2,1H3,(H,15,18)(H,16,17,19)/t11-/m1/s1. The minimum atomic E-state index is -0.394. The van der Waals surface area contributed by atoms with Gasteiger partial charge in [0.25, 0.3) is 11.5 Å². The van der Waals surface area contributed by atoms with Gasteiger partial charge in [0.15, 0.2) is 0 Å². The number of hydrogen-bond acceptors (Lipinski definition) is 4. The first kappa shape index (κ1) is 14.7. The van der Waals surface area contributed by atoms with Gasteiger partial charge in [0.1, 0.15) is 11.4 Å². The molecule has 1 aliphatic heterocycles. The lowest BCUT2D eigenvalue weighted by Gasteiger charge is -2.09. The van der Waals surface area contributed by atoms with E-state index in [9.17, 15) is 9.59 Å². The third kappa shape index (κ3) is 4.16. The molecule has 0 aliphatic carbocycles. The van der Waals surface area contributed by atoms with Gasteiger partial charge in [0, 0.05) is 19.3 Å². The van der Waals surface area contributed by atoms with Crippen LogP contribution in [0, 0.1) is 6.92 Å². The first-order valence-corrected chi connectivity index (χ1v) is 7.12. The highest BCUT2D eigenvalue weighted by Crippen LogP contribution is 2.17. The van der Waals surface area contributed by atoms with E-state index in [1.165, 1.54) is 6.20 Å². The van der Waals surface area contributed by atoms with E-state index in [0.29, 0.717) is 18.5 Å². The summed E-state index contributed by atoms with van der Waals surface area (Å²) < 4.78 is 5.54. The summed E-state index contributed by atoms with van der Waals surface area (Å²) in [5.41, 5.74) is -0.330. The zero-order chi connectivity index (χ0) is 14.4. The quantitative estimate of drug-likeness (QED) is 0.765. The highest BCUT2D eigenvalue weighted by atomic mass is 16.5. The summed E-state index contributed by atoms with van der Waals surface area (Å²) in [6.07, 6.45) is 6.98. The van der Waals surface area contributed by atoms with Gasteiger partial charge in [-0.05, 0) is 39.0 Å². The lowest BCUT2D eigenvalue weighted by molar-refractivity contribution is 0.0945. The van der Waals surface area contributed by atoms with E-state index in [-0.39, 0.29) is 11.5 Å². The second-order valence-corrected chi connectivity index (χ2v) is 5.10. The van der Waals surface area contributed by atoms with Crippen molar-refractivity contribution in [1.29, 1.82) is 0 Å². The molecule has 0 spiro atoms. The average molecular weight is 279 g/mol. The van der Waals surface area contributed by atoms with Crippen LogP contribution in [0.5, 0.6) is 0 Å². The first-order chi connectivity index (χ1) is 9.66. The molecular formula is C14H21N3O3. The molecule has 1 atom stereocenters. The van der Waals surface area contributed by atoms with Gasteiger partial charge < -0.3 is 15.0 Å². The van der Waals surface area contributed by atoms with Crippen LogP contribution in [0.4, 0.5) is 0 Å². The average Bonchev–Trinajstić information content (AvgIpc) is 2.91. The van der Waals surface area contributed by atoms with E-state index in [1.807, 2.05) is 0 Å². The second-order valence-electron chi connectivity index (χ2n) is 5.10. The van der Waals surface area contributed by atoms with Crippen LogP contribution in [0.15, 0.2) is 11.0 Å². The number of unbranched alkanes of at least 4 members (excludes halogenated alkanes) is 1. The van der Waals surface area contributed by atoms with Crippen molar-refractivity contribution < 1.29 is 9.53 Å². The molecule has 0 radical (unpaired) electrons. The van der Waals surface area contributed by atoms with E-state index in [4.69, 9.17) is 4.74 Å². The fourth-order valence-corrected chi connectivity index (χ4v) is 2.31. The maximum atomic E-state index is 11.8. The van der Waals surface area contributed by atoms with Crippen LogP contribution in [0.3, 0.4) is 0 Å². The van der Waals surface area contributed by atoms with Gasteiger partial charge in [0.05, 0.1) is 6.10 Å². The summed E-state index contributed by atoms with van der Waals surface area (Å²) in [4.78, 5) is 29.8. The van der Waals surface area contributed by atoms with Crippen LogP contribution in [-0.4, -0.2) is 35.1 Å². The third-order valence-corrected chi connectivity index (χ3v) is 3.43. The molecule has 110 valence electrons. The number of rotatable bonds is 6. The summed E-state index contributed by atoms with van der Waals surface area (Å²) in [7, 11) is 0. The summed E-state index contributed by atoms with van der Waals surface area (Å²) in [5.74, 6) is 0.138. The molecule has 2 N–H and O–H groups in total. The number of H-pyrrole nitrogens is 1. The van der Waals surface area contributed by atoms with Crippen molar-refractivity contribution in [3.8, 4) is 0 Å². The van der Waals surface area contributed by atoms with E-state index in [1.54, 1.807) is 6.92 Å². The SMILES string of the molecule is Cc1ncc(C(=O)NCCCC[C@@H]2CCCO2)c(=O)[nH]1. The Morgan fingerprint density at radius 3 is 3.10 bits per heavy atom. The number of aromatic nitrogens is 2. The highest BCUT2D eigenvalue weighted by molar-refractivity contribution is 5.93. The van der Waals surface area contributed by atoms with Gasteiger partial charge in [0.2, 0.25) is 0 Å². The van der Waals surface area contributed by atoms with Gasteiger partial charge in [-0.2, -0.15) is 0 Å². The predicted molar refractivity (Wildman–Crippen MR) is 74.8 cm³/mol. The van der Waals surface area contributed by atoms with Gasteiger partial charge in [-0.15, -0.1) is 0 Å². The topological polar surface area (TPSA) is 84.1 Å². The molecule has 0 unspecified atom stereocenters. The van der Waals surface area contributed by atoms with Crippen LogP contribution in [0.25, 0.3) is 0 Å². The fraction of sp³-hybridized carbons (Fsp3) is 0.643. The molecule has 0 bridgehead atoms. The zero-order valence-electron chi connectivity index (χ0n) is 11.8. The first-order valence-electron chi connectivity index (χ1n) is 7.12. The van der Waals surface area contributed by atoms with Crippen LogP contribution >= 0.6 is 0 Å². The molecule has 0 aromatic carbocycles. The summed E-state index contributed by atoms with van der Waals surface area (Å²) >= 11 is 0. The maximum Gasteiger partial charge on any atom is 0.263 e. The Labute approximate surface area is 118 Å². The lowest BCUT2D eigenvalue weighted by Crippen LogP contribution is -2.31. The molecule has 2 heterocycles. The molecule has 0 saturated carbocycles. The summed E-state index contributed by atoms with van der Waals surface area (Å²) in [6.45, 7) is 3.12. The number of nitrogens with zero attached hydrogens (tertiary/aromatic N) is 1. The van der Waals surface area contributed by atoms with Gasteiger partial charge in [-0.25, -0.2) is 4.98 Å². The molecule has 6 nitrogen and oxygen atoms in total. The number of carbonyl (C=O) groups excluding carboxylic acids is 1. The van der Waals surface area contributed by atoms with Crippen LogP contribution < -0.4 is 10.9 Å². The minimum absolute atomic E-state index is 0.0646.